The molecule has 2 aromatic rings. The third-order valence-electron chi connectivity index (χ3n) is 3.58. The van der Waals surface area contributed by atoms with Crippen LogP contribution in [-0.2, 0) is 18.6 Å². The smallest absolute Gasteiger partial charge is 0.146 e. The average Bonchev–Trinajstić information content (AvgIpc) is 2.40. The lowest BCUT2D eigenvalue weighted by atomic mass is 9.87. The molecule has 0 fully saturated rings. The van der Waals surface area contributed by atoms with Crippen molar-refractivity contribution in [2.45, 2.75) is 18.6 Å². The van der Waals surface area contributed by atoms with E-state index in [4.69, 9.17) is 0 Å². The normalized spacial score (nSPS) is 22.5. The molecule has 1 aliphatic rings. The minimum atomic E-state index is -0.934. The minimum absolute atomic E-state index is 0.602. The second kappa shape index (κ2) is 4.56. The molecule has 2 nitrogen and oxygen atoms in total. The van der Waals surface area contributed by atoms with Crippen molar-refractivity contribution in [3.05, 3.63) is 71.3 Å². The van der Waals surface area contributed by atoms with E-state index in [0.29, 0.717) is 6.42 Å². The molecule has 2 aromatic carbocycles. The summed E-state index contributed by atoms with van der Waals surface area (Å²) >= 11 is 0. The van der Waals surface area contributed by atoms with E-state index in [0.717, 1.165) is 24.1 Å². The Hall–Kier alpha value is -1.64. The molecule has 0 saturated carbocycles. The molecule has 0 aliphatic carbocycles. The van der Waals surface area contributed by atoms with Crippen molar-refractivity contribution in [1.29, 1.82) is 0 Å². The Balaban J connectivity index is 1.96. The van der Waals surface area contributed by atoms with Crippen molar-refractivity contribution in [3.8, 4) is 0 Å². The molecule has 0 aromatic heterocycles. The maximum Gasteiger partial charge on any atom is 0.146 e. The van der Waals surface area contributed by atoms with Crippen LogP contribution in [0.4, 0.5) is 0 Å². The van der Waals surface area contributed by atoms with Crippen LogP contribution in [0.5, 0.6) is 0 Å². The molecule has 1 heterocycles. The Morgan fingerprint density at radius 3 is 2.56 bits per heavy atom. The Kier molecular flexibility index (Phi) is 2.90. The zero-order chi connectivity index (χ0) is 12.4. The number of fused-ring (bicyclic) bond motifs is 1. The van der Waals surface area contributed by atoms with Gasteiger partial charge in [-0.3, -0.25) is 5.32 Å². The predicted molar refractivity (Wildman–Crippen MR) is 72.2 cm³/mol. The maximum absolute atomic E-state index is 10.9. The molecule has 1 aliphatic heterocycles. The summed E-state index contributed by atoms with van der Waals surface area (Å²) in [5.41, 5.74) is 2.47. The Labute approximate surface area is 107 Å². The van der Waals surface area contributed by atoms with Crippen LogP contribution in [0.2, 0.25) is 0 Å². The molecule has 1 atom stereocenters. The van der Waals surface area contributed by atoms with Crippen LogP contribution in [0.15, 0.2) is 54.6 Å². The zero-order valence-corrected chi connectivity index (χ0v) is 10.3. The van der Waals surface area contributed by atoms with E-state index in [-0.39, 0.29) is 0 Å². The van der Waals surface area contributed by atoms with Crippen LogP contribution in [0, 0.1) is 0 Å². The third-order valence-corrected chi connectivity index (χ3v) is 3.58. The summed E-state index contributed by atoms with van der Waals surface area (Å²) in [6.45, 7) is 0.820. The van der Waals surface area contributed by atoms with Gasteiger partial charge in [-0.2, -0.15) is 0 Å². The van der Waals surface area contributed by atoms with Gasteiger partial charge in [-0.25, -0.2) is 0 Å². The SMILES string of the molecule is OC1(Cc2ccccc2)NCCc2ccccc21. The first-order chi connectivity index (χ1) is 8.78. The van der Waals surface area contributed by atoms with Gasteiger partial charge >= 0.3 is 0 Å². The van der Waals surface area contributed by atoms with E-state index in [1.54, 1.807) is 0 Å². The van der Waals surface area contributed by atoms with Gasteiger partial charge in [0, 0.05) is 18.5 Å². The van der Waals surface area contributed by atoms with Gasteiger partial charge in [-0.05, 0) is 17.5 Å². The second-order valence-electron chi connectivity index (χ2n) is 4.86. The number of benzene rings is 2. The summed E-state index contributed by atoms with van der Waals surface area (Å²) in [4.78, 5) is 0. The highest BCUT2D eigenvalue weighted by Crippen LogP contribution is 2.29. The molecule has 2 N–H and O–H groups in total. The van der Waals surface area contributed by atoms with Gasteiger partial charge in [-0.1, -0.05) is 54.6 Å². The van der Waals surface area contributed by atoms with E-state index in [9.17, 15) is 5.11 Å². The topological polar surface area (TPSA) is 32.3 Å². The number of rotatable bonds is 2. The number of aliphatic hydroxyl groups is 1. The van der Waals surface area contributed by atoms with Gasteiger partial charge in [0.25, 0.3) is 0 Å². The van der Waals surface area contributed by atoms with Crippen molar-refractivity contribution in [2.75, 3.05) is 6.54 Å². The first kappa shape index (κ1) is 11.5. The Morgan fingerprint density at radius 2 is 1.72 bits per heavy atom. The summed E-state index contributed by atoms with van der Waals surface area (Å²) in [5, 5.41) is 14.1. The van der Waals surface area contributed by atoms with Crippen LogP contribution in [0.1, 0.15) is 16.7 Å². The molecule has 0 spiro atoms. The summed E-state index contributed by atoms with van der Waals surface area (Å²) in [5.74, 6) is 0. The van der Waals surface area contributed by atoms with Crippen molar-refractivity contribution in [3.63, 3.8) is 0 Å². The molecular weight excluding hydrogens is 222 g/mol. The molecule has 0 amide bonds. The summed E-state index contributed by atoms with van der Waals surface area (Å²) in [6.07, 6.45) is 1.58. The lowest BCUT2D eigenvalue weighted by Gasteiger charge is -2.35. The van der Waals surface area contributed by atoms with Gasteiger partial charge < -0.3 is 5.11 Å². The van der Waals surface area contributed by atoms with E-state index in [1.807, 2.05) is 36.4 Å². The molecule has 3 rings (SSSR count). The lowest BCUT2D eigenvalue weighted by Crippen LogP contribution is -2.48. The van der Waals surface area contributed by atoms with Gasteiger partial charge in [-0.15, -0.1) is 0 Å². The van der Waals surface area contributed by atoms with Crippen LogP contribution < -0.4 is 5.32 Å². The van der Waals surface area contributed by atoms with E-state index in [2.05, 4.69) is 23.5 Å². The van der Waals surface area contributed by atoms with Crippen molar-refractivity contribution >= 4 is 0 Å². The molecule has 0 radical (unpaired) electrons. The number of nitrogens with one attached hydrogen (secondary N) is 1. The maximum atomic E-state index is 10.9. The number of hydrogen-bond acceptors (Lipinski definition) is 2. The van der Waals surface area contributed by atoms with Crippen LogP contribution in [-0.4, -0.2) is 11.7 Å². The zero-order valence-electron chi connectivity index (χ0n) is 10.3. The Bertz CT molecular complexity index is 538. The first-order valence-electron chi connectivity index (χ1n) is 6.38. The van der Waals surface area contributed by atoms with Crippen molar-refractivity contribution < 1.29 is 5.11 Å². The fourth-order valence-corrected chi connectivity index (χ4v) is 2.69. The van der Waals surface area contributed by atoms with E-state index < -0.39 is 5.72 Å². The van der Waals surface area contributed by atoms with Gasteiger partial charge in [0.1, 0.15) is 5.72 Å². The van der Waals surface area contributed by atoms with Crippen molar-refractivity contribution in [1.82, 2.24) is 5.32 Å². The average molecular weight is 239 g/mol. The molecule has 0 bridgehead atoms. The lowest BCUT2D eigenvalue weighted by molar-refractivity contribution is -0.00536. The van der Waals surface area contributed by atoms with E-state index >= 15 is 0 Å². The van der Waals surface area contributed by atoms with Gasteiger partial charge in [0.05, 0.1) is 0 Å². The monoisotopic (exact) mass is 239 g/mol. The van der Waals surface area contributed by atoms with Gasteiger partial charge in [0.2, 0.25) is 0 Å². The van der Waals surface area contributed by atoms with Crippen molar-refractivity contribution in [2.24, 2.45) is 0 Å². The quantitative estimate of drug-likeness (QED) is 0.842. The summed E-state index contributed by atoms with van der Waals surface area (Å²) in [7, 11) is 0. The van der Waals surface area contributed by atoms with E-state index in [1.165, 1.54) is 5.56 Å². The first-order valence-corrected chi connectivity index (χ1v) is 6.38. The molecular formula is C16H17NO. The predicted octanol–water partition coefficient (Wildman–Crippen LogP) is 2.22. The third kappa shape index (κ3) is 2.05. The standard InChI is InChI=1S/C16H17NO/c18-16(12-13-6-2-1-3-7-13)15-9-5-4-8-14(15)10-11-17-16/h1-9,17-18H,10-12H2. The molecule has 18 heavy (non-hydrogen) atoms. The highest BCUT2D eigenvalue weighted by Gasteiger charge is 2.33. The molecule has 1 unspecified atom stereocenters. The highest BCUT2D eigenvalue weighted by molar-refractivity contribution is 5.36. The fraction of sp³-hybridized carbons (Fsp3) is 0.250. The molecule has 0 saturated heterocycles. The summed E-state index contributed by atoms with van der Waals surface area (Å²) in [6, 6.07) is 18.3. The largest absolute Gasteiger partial charge is 0.371 e. The summed E-state index contributed by atoms with van der Waals surface area (Å²) < 4.78 is 0. The van der Waals surface area contributed by atoms with Crippen LogP contribution in [0.25, 0.3) is 0 Å². The van der Waals surface area contributed by atoms with Crippen LogP contribution in [0.3, 0.4) is 0 Å². The fourth-order valence-electron chi connectivity index (χ4n) is 2.69. The minimum Gasteiger partial charge on any atom is -0.371 e. The van der Waals surface area contributed by atoms with Crippen LogP contribution >= 0.6 is 0 Å². The van der Waals surface area contributed by atoms with Gasteiger partial charge in [0.15, 0.2) is 0 Å². The highest BCUT2D eigenvalue weighted by atomic mass is 16.3. The molecule has 2 heteroatoms. The second-order valence-corrected chi connectivity index (χ2v) is 4.86. The number of hydrogen-bond donors (Lipinski definition) is 2. The Morgan fingerprint density at radius 1 is 1.00 bits per heavy atom. The molecule has 92 valence electrons.